The van der Waals surface area contributed by atoms with Crippen molar-refractivity contribution in [2.24, 2.45) is 52.3 Å². The summed E-state index contributed by atoms with van der Waals surface area (Å²) >= 11 is 0. The Balaban J connectivity index is 1.54. The van der Waals surface area contributed by atoms with Gasteiger partial charge in [0.05, 0.1) is 6.10 Å². The van der Waals surface area contributed by atoms with Crippen molar-refractivity contribution in [1.82, 2.24) is 0 Å². The molecule has 0 bridgehead atoms. The Hall–Kier alpha value is -0.560. The van der Waals surface area contributed by atoms with Gasteiger partial charge in [-0.15, -0.1) is 0 Å². The molecule has 0 unspecified atom stereocenters. The minimum absolute atomic E-state index is 0.0476. The van der Waals surface area contributed by atoms with Crippen LogP contribution in [0.25, 0.3) is 0 Å². The SMILES string of the molecule is CC(C)[C@@H](C)/C=C\[C@H](C)[C@H]1CC[C@H]2C3=CC[C@H]4C[C@@H](O)CC[C@]4(C)[C@H]3CC[C@]12C. The molecule has 1 heteroatoms. The number of hydrogen-bond acceptors (Lipinski definition) is 1. The first-order chi connectivity index (χ1) is 13.7. The van der Waals surface area contributed by atoms with Crippen LogP contribution in [0.3, 0.4) is 0 Å². The van der Waals surface area contributed by atoms with Crippen molar-refractivity contribution in [3.63, 3.8) is 0 Å². The molecule has 0 saturated heterocycles. The topological polar surface area (TPSA) is 20.2 Å². The van der Waals surface area contributed by atoms with Crippen LogP contribution in [0, 0.1) is 52.3 Å². The molecule has 0 heterocycles. The summed E-state index contributed by atoms with van der Waals surface area (Å²) in [4.78, 5) is 0. The van der Waals surface area contributed by atoms with Crippen molar-refractivity contribution in [2.75, 3.05) is 0 Å². The summed E-state index contributed by atoms with van der Waals surface area (Å²) in [5, 5.41) is 10.2. The molecule has 0 aromatic carbocycles. The summed E-state index contributed by atoms with van der Waals surface area (Å²) in [7, 11) is 0. The van der Waals surface area contributed by atoms with Gasteiger partial charge >= 0.3 is 0 Å². The van der Waals surface area contributed by atoms with Gasteiger partial charge in [-0.2, -0.15) is 0 Å². The molecular weight excluding hydrogens is 352 g/mol. The molecule has 4 rings (SSSR count). The Bertz CT molecular complexity index is 659. The normalized spacial score (nSPS) is 46.8. The van der Waals surface area contributed by atoms with Gasteiger partial charge in [-0.05, 0) is 104 Å². The first-order valence-corrected chi connectivity index (χ1v) is 12.7. The van der Waals surface area contributed by atoms with Crippen LogP contribution in [0.15, 0.2) is 23.8 Å². The molecule has 4 aliphatic carbocycles. The fourth-order valence-electron chi connectivity index (χ4n) is 8.10. The van der Waals surface area contributed by atoms with E-state index in [1.165, 1.54) is 38.5 Å². The van der Waals surface area contributed by atoms with Crippen molar-refractivity contribution < 1.29 is 5.11 Å². The summed E-state index contributed by atoms with van der Waals surface area (Å²) in [5.41, 5.74) is 2.79. The van der Waals surface area contributed by atoms with E-state index in [0.29, 0.717) is 28.6 Å². The second kappa shape index (κ2) is 7.85. The molecule has 1 N–H and O–H groups in total. The lowest BCUT2D eigenvalue weighted by Crippen LogP contribution is -2.49. The van der Waals surface area contributed by atoms with Gasteiger partial charge in [0, 0.05) is 0 Å². The Labute approximate surface area is 180 Å². The smallest absolute Gasteiger partial charge is 0.0543 e. The third-order valence-electron chi connectivity index (χ3n) is 10.5. The van der Waals surface area contributed by atoms with Crippen molar-refractivity contribution in [2.45, 2.75) is 99.0 Å². The molecule has 3 saturated carbocycles. The van der Waals surface area contributed by atoms with E-state index < -0.39 is 0 Å². The van der Waals surface area contributed by atoms with E-state index >= 15 is 0 Å². The number of hydrogen-bond donors (Lipinski definition) is 1. The highest BCUT2D eigenvalue weighted by atomic mass is 16.3. The molecule has 3 fully saturated rings. The van der Waals surface area contributed by atoms with E-state index in [2.05, 4.69) is 59.8 Å². The molecule has 0 spiro atoms. The van der Waals surface area contributed by atoms with E-state index in [0.717, 1.165) is 36.5 Å². The zero-order valence-electron chi connectivity index (χ0n) is 20.0. The number of aliphatic hydroxyl groups is 1. The molecular formula is C28H46O. The lowest BCUT2D eigenvalue weighted by atomic mass is 9.47. The van der Waals surface area contributed by atoms with Crippen LogP contribution >= 0.6 is 0 Å². The minimum Gasteiger partial charge on any atom is -0.393 e. The fourth-order valence-corrected chi connectivity index (χ4v) is 8.10. The number of aliphatic hydroxyl groups excluding tert-OH is 1. The molecule has 0 aromatic rings. The number of allylic oxidation sites excluding steroid dienone is 4. The zero-order chi connectivity index (χ0) is 21.0. The van der Waals surface area contributed by atoms with Crippen molar-refractivity contribution >= 4 is 0 Å². The van der Waals surface area contributed by atoms with E-state index in [9.17, 15) is 5.11 Å². The summed E-state index contributed by atoms with van der Waals surface area (Å²) in [6.07, 6.45) is 17.8. The van der Waals surface area contributed by atoms with Crippen molar-refractivity contribution in [1.29, 1.82) is 0 Å². The third kappa shape index (κ3) is 3.58. The fraction of sp³-hybridized carbons (Fsp3) is 0.857. The maximum Gasteiger partial charge on any atom is 0.0543 e. The van der Waals surface area contributed by atoms with Crippen LogP contribution in [0.5, 0.6) is 0 Å². The Morgan fingerprint density at radius 3 is 2.34 bits per heavy atom. The van der Waals surface area contributed by atoms with E-state index in [1.807, 2.05) is 5.57 Å². The standard InChI is InChI=1S/C28H46O/c1-18(2)19(3)7-8-20(4)24-11-12-25-23-10-9-21-17-22(29)13-15-27(21,5)26(23)14-16-28(24,25)6/h7-8,10,18-22,24-26,29H,9,11-17H2,1-6H3/b8-7-/t19-,20-,21-,22-,24+,25-,26-,27-,28+/m0/s1. The average Bonchev–Trinajstić information content (AvgIpc) is 3.03. The van der Waals surface area contributed by atoms with Gasteiger partial charge < -0.3 is 5.11 Å². The second-order valence-corrected chi connectivity index (χ2v) is 12.3. The maximum atomic E-state index is 10.2. The predicted octanol–water partition coefficient (Wildman–Crippen LogP) is 7.41. The first-order valence-electron chi connectivity index (χ1n) is 12.7. The van der Waals surface area contributed by atoms with Gasteiger partial charge in [-0.1, -0.05) is 65.3 Å². The van der Waals surface area contributed by atoms with Gasteiger partial charge in [0.15, 0.2) is 0 Å². The number of fused-ring (bicyclic) bond motifs is 5. The molecule has 29 heavy (non-hydrogen) atoms. The average molecular weight is 399 g/mol. The molecule has 4 aliphatic rings. The van der Waals surface area contributed by atoms with Gasteiger partial charge in [-0.25, -0.2) is 0 Å². The highest BCUT2D eigenvalue weighted by Crippen LogP contribution is 2.66. The van der Waals surface area contributed by atoms with Gasteiger partial charge in [-0.3, -0.25) is 0 Å². The molecule has 0 amide bonds. The molecule has 0 aliphatic heterocycles. The molecule has 164 valence electrons. The quantitative estimate of drug-likeness (QED) is 0.489. The van der Waals surface area contributed by atoms with Crippen molar-refractivity contribution in [3.05, 3.63) is 23.8 Å². The third-order valence-corrected chi connectivity index (χ3v) is 10.5. The van der Waals surface area contributed by atoms with Crippen LogP contribution in [0.2, 0.25) is 0 Å². The van der Waals surface area contributed by atoms with Crippen LogP contribution in [-0.2, 0) is 0 Å². The van der Waals surface area contributed by atoms with E-state index in [-0.39, 0.29) is 6.10 Å². The summed E-state index contributed by atoms with van der Waals surface area (Å²) in [6, 6.07) is 0. The molecule has 0 aromatic heterocycles. The molecule has 1 nitrogen and oxygen atoms in total. The highest BCUT2D eigenvalue weighted by molar-refractivity contribution is 5.28. The van der Waals surface area contributed by atoms with Gasteiger partial charge in [0.2, 0.25) is 0 Å². The zero-order valence-corrected chi connectivity index (χ0v) is 20.0. The summed E-state index contributed by atoms with van der Waals surface area (Å²) in [6.45, 7) is 14.7. The molecule has 0 radical (unpaired) electrons. The molecule has 9 atom stereocenters. The summed E-state index contributed by atoms with van der Waals surface area (Å²) < 4.78 is 0. The lowest BCUT2D eigenvalue weighted by Gasteiger charge is -2.57. The second-order valence-electron chi connectivity index (χ2n) is 12.3. The largest absolute Gasteiger partial charge is 0.393 e. The first kappa shape index (κ1) is 21.7. The lowest BCUT2D eigenvalue weighted by molar-refractivity contribution is -0.0414. The van der Waals surface area contributed by atoms with Crippen molar-refractivity contribution in [3.8, 4) is 0 Å². The Kier molecular flexibility index (Phi) is 5.86. The minimum atomic E-state index is -0.0476. The van der Waals surface area contributed by atoms with E-state index in [1.54, 1.807) is 0 Å². The predicted molar refractivity (Wildman–Crippen MR) is 124 cm³/mol. The van der Waals surface area contributed by atoms with Crippen LogP contribution < -0.4 is 0 Å². The maximum absolute atomic E-state index is 10.2. The van der Waals surface area contributed by atoms with Crippen LogP contribution in [0.4, 0.5) is 0 Å². The monoisotopic (exact) mass is 398 g/mol. The van der Waals surface area contributed by atoms with Gasteiger partial charge in [0.1, 0.15) is 0 Å². The highest BCUT2D eigenvalue weighted by Gasteiger charge is 2.57. The van der Waals surface area contributed by atoms with Gasteiger partial charge in [0.25, 0.3) is 0 Å². The Morgan fingerprint density at radius 1 is 0.931 bits per heavy atom. The Morgan fingerprint density at radius 2 is 1.62 bits per heavy atom. The van der Waals surface area contributed by atoms with E-state index in [4.69, 9.17) is 0 Å². The van der Waals surface area contributed by atoms with Crippen LogP contribution in [-0.4, -0.2) is 11.2 Å². The summed E-state index contributed by atoms with van der Waals surface area (Å²) in [5.74, 6) is 5.25. The van der Waals surface area contributed by atoms with Crippen LogP contribution in [0.1, 0.15) is 92.9 Å². The number of rotatable bonds is 4.